The summed E-state index contributed by atoms with van der Waals surface area (Å²) in [5.74, 6) is -0.497. The minimum Gasteiger partial charge on any atom is -0.376 e. The van der Waals surface area contributed by atoms with E-state index in [1.807, 2.05) is 32.0 Å². The lowest BCUT2D eigenvalue weighted by Gasteiger charge is -2.24. The van der Waals surface area contributed by atoms with Gasteiger partial charge in [0.15, 0.2) is 0 Å². The number of hydrogen-bond acceptors (Lipinski definition) is 4. The Hall–Kier alpha value is -3.43. The van der Waals surface area contributed by atoms with Crippen LogP contribution in [0.5, 0.6) is 0 Å². The lowest BCUT2D eigenvalue weighted by Crippen LogP contribution is -2.41. The molecular formula is C25H27N3O3. The van der Waals surface area contributed by atoms with Gasteiger partial charge in [-0.05, 0) is 67.7 Å². The first-order chi connectivity index (χ1) is 15.0. The number of carbonyl (C=O) groups is 2. The maximum Gasteiger partial charge on any atom is 0.247 e. The second-order valence-electron chi connectivity index (χ2n) is 7.72. The molecule has 1 aliphatic rings. The van der Waals surface area contributed by atoms with Gasteiger partial charge >= 0.3 is 0 Å². The zero-order chi connectivity index (χ0) is 22.2. The average molecular weight is 418 g/mol. The van der Waals surface area contributed by atoms with Crippen molar-refractivity contribution in [2.45, 2.75) is 32.8 Å². The van der Waals surface area contributed by atoms with Gasteiger partial charge in [0, 0.05) is 24.9 Å². The Balaban J connectivity index is 1.69. The highest BCUT2D eigenvalue weighted by Crippen LogP contribution is 2.18. The summed E-state index contributed by atoms with van der Waals surface area (Å²) < 4.78 is 5.68. The molecule has 1 heterocycles. The smallest absolute Gasteiger partial charge is 0.247 e. The van der Waals surface area contributed by atoms with Crippen LogP contribution in [0.25, 0.3) is 6.08 Å². The Bertz CT molecular complexity index is 1000. The Labute approximate surface area is 183 Å². The third kappa shape index (κ3) is 6.27. The molecule has 1 saturated heterocycles. The number of nitrogens with one attached hydrogen (secondary N) is 1. The predicted molar refractivity (Wildman–Crippen MR) is 120 cm³/mol. The number of aryl methyl sites for hydroxylation is 1. The van der Waals surface area contributed by atoms with Gasteiger partial charge in [-0.3, -0.25) is 9.59 Å². The molecule has 31 heavy (non-hydrogen) atoms. The van der Waals surface area contributed by atoms with Gasteiger partial charge in [-0.25, -0.2) is 0 Å². The molecule has 1 atom stereocenters. The fourth-order valence-corrected chi connectivity index (χ4v) is 3.46. The average Bonchev–Trinajstić information content (AvgIpc) is 3.28. The lowest BCUT2D eigenvalue weighted by molar-refractivity contribution is -0.131. The van der Waals surface area contributed by atoms with Gasteiger partial charge in [0.1, 0.15) is 6.54 Å². The molecule has 1 fully saturated rings. The van der Waals surface area contributed by atoms with Crippen molar-refractivity contribution in [2.24, 2.45) is 0 Å². The normalized spacial score (nSPS) is 15.6. The van der Waals surface area contributed by atoms with Crippen molar-refractivity contribution in [2.75, 3.05) is 25.0 Å². The topological polar surface area (TPSA) is 82.4 Å². The van der Waals surface area contributed by atoms with E-state index in [-0.39, 0.29) is 24.5 Å². The maximum absolute atomic E-state index is 12.9. The summed E-state index contributed by atoms with van der Waals surface area (Å²) >= 11 is 0. The molecule has 0 aromatic heterocycles. The minimum absolute atomic E-state index is 0.0518. The van der Waals surface area contributed by atoms with E-state index in [0.29, 0.717) is 18.7 Å². The number of nitriles is 1. The Morgan fingerprint density at radius 1 is 1.23 bits per heavy atom. The van der Waals surface area contributed by atoms with Crippen LogP contribution in [0.1, 0.15) is 35.1 Å². The van der Waals surface area contributed by atoms with Crippen LogP contribution in [-0.2, 0) is 14.3 Å². The molecule has 0 aliphatic carbocycles. The largest absolute Gasteiger partial charge is 0.376 e. The molecule has 0 unspecified atom stereocenters. The van der Waals surface area contributed by atoms with E-state index >= 15 is 0 Å². The quantitative estimate of drug-likeness (QED) is 0.694. The molecule has 2 aromatic rings. The van der Waals surface area contributed by atoms with Gasteiger partial charge in [0.25, 0.3) is 0 Å². The van der Waals surface area contributed by atoms with Gasteiger partial charge in [0.05, 0.1) is 17.7 Å². The highest BCUT2D eigenvalue weighted by molar-refractivity contribution is 5.98. The number of ether oxygens (including phenoxy) is 1. The highest BCUT2D eigenvalue weighted by atomic mass is 16.5. The molecular weight excluding hydrogens is 390 g/mol. The van der Waals surface area contributed by atoms with Crippen LogP contribution in [0, 0.1) is 25.2 Å². The monoisotopic (exact) mass is 417 g/mol. The van der Waals surface area contributed by atoms with E-state index in [1.54, 1.807) is 30.3 Å². The van der Waals surface area contributed by atoms with Crippen LogP contribution < -0.4 is 5.32 Å². The zero-order valence-corrected chi connectivity index (χ0v) is 17.9. The number of anilines is 1. The Kier molecular flexibility index (Phi) is 7.58. The Morgan fingerprint density at radius 2 is 2.00 bits per heavy atom. The van der Waals surface area contributed by atoms with E-state index in [9.17, 15) is 9.59 Å². The standard InChI is InChI=1S/C25H27N3O3/c1-18-5-3-7-23(19(18)2)27-24(29)17-28(16-22-6-4-14-31-22)25(30)13-12-20-8-10-21(15-26)11-9-20/h3,5,7-13,22H,4,6,14,16-17H2,1-2H3,(H,27,29)/b13-12+/t22-/m1/s1. The van der Waals surface area contributed by atoms with Crippen LogP contribution in [0.3, 0.4) is 0 Å². The van der Waals surface area contributed by atoms with Crippen molar-refractivity contribution in [3.8, 4) is 6.07 Å². The molecule has 0 bridgehead atoms. The summed E-state index contributed by atoms with van der Waals surface area (Å²) in [4.78, 5) is 27.1. The van der Waals surface area contributed by atoms with Crippen molar-refractivity contribution in [1.29, 1.82) is 5.26 Å². The van der Waals surface area contributed by atoms with Gasteiger partial charge in [-0.1, -0.05) is 24.3 Å². The van der Waals surface area contributed by atoms with Gasteiger partial charge in [0.2, 0.25) is 11.8 Å². The van der Waals surface area contributed by atoms with E-state index in [4.69, 9.17) is 10.00 Å². The molecule has 0 radical (unpaired) electrons. The molecule has 2 amide bonds. The summed E-state index contributed by atoms with van der Waals surface area (Å²) in [6.07, 6.45) is 4.93. The molecule has 0 spiro atoms. The number of rotatable bonds is 7. The number of hydrogen-bond donors (Lipinski definition) is 1. The molecule has 0 saturated carbocycles. The van der Waals surface area contributed by atoms with E-state index in [1.165, 1.54) is 11.0 Å². The van der Waals surface area contributed by atoms with Crippen LogP contribution in [0.15, 0.2) is 48.5 Å². The molecule has 1 N–H and O–H groups in total. The molecule has 2 aromatic carbocycles. The van der Waals surface area contributed by atoms with Crippen molar-refractivity contribution in [3.63, 3.8) is 0 Å². The summed E-state index contributed by atoms with van der Waals surface area (Å²) in [7, 11) is 0. The van der Waals surface area contributed by atoms with Gasteiger partial charge < -0.3 is 15.0 Å². The molecule has 3 rings (SSSR count). The fraction of sp³-hybridized carbons (Fsp3) is 0.320. The third-order valence-electron chi connectivity index (χ3n) is 5.43. The van der Waals surface area contributed by atoms with E-state index < -0.39 is 0 Å². The minimum atomic E-state index is -0.254. The van der Waals surface area contributed by atoms with Crippen molar-refractivity contribution in [1.82, 2.24) is 4.90 Å². The molecule has 1 aliphatic heterocycles. The Morgan fingerprint density at radius 3 is 2.68 bits per heavy atom. The predicted octanol–water partition coefficient (Wildman–Crippen LogP) is 3.83. The molecule has 6 heteroatoms. The second-order valence-corrected chi connectivity index (χ2v) is 7.72. The summed E-state index contributed by atoms with van der Waals surface area (Å²) in [5, 5.41) is 11.8. The number of carbonyl (C=O) groups excluding carboxylic acids is 2. The third-order valence-corrected chi connectivity index (χ3v) is 5.43. The van der Waals surface area contributed by atoms with Crippen molar-refractivity contribution in [3.05, 3.63) is 70.8 Å². The van der Waals surface area contributed by atoms with Crippen molar-refractivity contribution >= 4 is 23.6 Å². The lowest BCUT2D eigenvalue weighted by atomic mass is 10.1. The molecule has 160 valence electrons. The molecule has 6 nitrogen and oxygen atoms in total. The number of nitrogens with zero attached hydrogens (tertiary/aromatic N) is 2. The fourth-order valence-electron chi connectivity index (χ4n) is 3.46. The van der Waals surface area contributed by atoms with E-state index in [0.717, 1.165) is 35.2 Å². The maximum atomic E-state index is 12.9. The first-order valence-electron chi connectivity index (χ1n) is 10.4. The van der Waals surface area contributed by atoms with Crippen LogP contribution >= 0.6 is 0 Å². The number of amides is 2. The van der Waals surface area contributed by atoms with Crippen LogP contribution in [-0.4, -0.2) is 42.5 Å². The first kappa shape index (κ1) is 22.3. The van der Waals surface area contributed by atoms with Crippen molar-refractivity contribution < 1.29 is 14.3 Å². The van der Waals surface area contributed by atoms with Crippen LogP contribution in [0.2, 0.25) is 0 Å². The second kappa shape index (κ2) is 10.6. The van der Waals surface area contributed by atoms with E-state index in [2.05, 4.69) is 11.4 Å². The zero-order valence-electron chi connectivity index (χ0n) is 17.9. The SMILES string of the molecule is Cc1cccc(NC(=O)CN(C[C@H]2CCCO2)C(=O)/C=C/c2ccc(C#N)cc2)c1C. The van der Waals surface area contributed by atoms with Crippen LogP contribution in [0.4, 0.5) is 5.69 Å². The summed E-state index contributed by atoms with van der Waals surface area (Å²) in [6.45, 7) is 4.95. The summed E-state index contributed by atoms with van der Waals surface area (Å²) in [6, 6.07) is 14.8. The van der Waals surface area contributed by atoms with Gasteiger partial charge in [-0.2, -0.15) is 5.26 Å². The summed E-state index contributed by atoms with van der Waals surface area (Å²) in [5.41, 5.74) is 4.22. The number of benzene rings is 2. The van der Waals surface area contributed by atoms with Gasteiger partial charge in [-0.15, -0.1) is 0 Å². The highest BCUT2D eigenvalue weighted by Gasteiger charge is 2.23. The first-order valence-corrected chi connectivity index (χ1v) is 10.4.